The summed E-state index contributed by atoms with van der Waals surface area (Å²) in [5, 5.41) is 3.08. The van der Waals surface area contributed by atoms with Crippen molar-refractivity contribution in [3.8, 4) is 0 Å². The first-order chi connectivity index (χ1) is 6.77. The summed E-state index contributed by atoms with van der Waals surface area (Å²) in [5.41, 5.74) is 4.71. The van der Waals surface area contributed by atoms with Gasteiger partial charge in [-0.2, -0.15) is 0 Å². The Morgan fingerprint density at radius 2 is 1.93 bits per heavy atom. The quantitative estimate of drug-likeness (QED) is 0.654. The fraction of sp³-hybridized carbons (Fsp3) is 0.231. The third kappa shape index (κ3) is 2.05. The maximum absolute atomic E-state index is 3.92. The van der Waals surface area contributed by atoms with E-state index >= 15 is 0 Å². The Bertz CT molecular complexity index is 361. The van der Waals surface area contributed by atoms with Gasteiger partial charge >= 0.3 is 0 Å². The molecule has 0 spiro atoms. The summed E-state index contributed by atoms with van der Waals surface area (Å²) in [5.74, 6) is 0. The zero-order valence-corrected chi connectivity index (χ0v) is 9.09. The van der Waals surface area contributed by atoms with Gasteiger partial charge in [-0.05, 0) is 18.6 Å². The van der Waals surface area contributed by atoms with E-state index in [9.17, 15) is 0 Å². The van der Waals surface area contributed by atoms with Gasteiger partial charge in [0, 0.05) is 17.5 Å². The van der Waals surface area contributed by atoms with Crippen LogP contribution < -0.4 is 5.32 Å². The third-order valence-corrected chi connectivity index (χ3v) is 2.05. The molecular formula is C13H17N. The van der Waals surface area contributed by atoms with E-state index < -0.39 is 0 Å². The van der Waals surface area contributed by atoms with Crippen LogP contribution in [-0.4, -0.2) is 0 Å². The number of fused-ring (bicyclic) bond motifs is 1. The van der Waals surface area contributed by atoms with Crippen LogP contribution in [0.3, 0.4) is 0 Å². The van der Waals surface area contributed by atoms with Crippen molar-refractivity contribution in [1.29, 1.82) is 0 Å². The lowest BCUT2D eigenvalue weighted by molar-refractivity contribution is 1.20. The van der Waals surface area contributed by atoms with E-state index in [-0.39, 0.29) is 0 Å². The standard InChI is InChI=1S/C11H11N.C2H6/c1-8-3-4-11-9(2)12-6-5-10(11)7-8;1-2/h3-7,12H,2H2,1H3;1-2H3. The van der Waals surface area contributed by atoms with Crippen LogP contribution in [0.15, 0.2) is 31.0 Å². The minimum absolute atomic E-state index is 0.979. The lowest BCUT2D eigenvalue weighted by Gasteiger charge is -2.14. The van der Waals surface area contributed by atoms with Crippen molar-refractivity contribution in [3.05, 3.63) is 47.7 Å². The zero-order chi connectivity index (χ0) is 10.6. The Labute approximate surface area is 86.2 Å². The van der Waals surface area contributed by atoms with Gasteiger partial charge in [0.2, 0.25) is 0 Å². The van der Waals surface area contributed by atoms with Gasteiger partial charge in [0.1, 0.15) is 0 Å². The van der Waals surface area contributed by atoms with Crippen molar-refractivity contribution in [3.63, 3.8) is 0 Å². The second-order valence-corrected chi connectivity index (χ2v) is 3.05. The smallest absolute Gasteiger partial charge is 0.0386 e. The first-order valence-electron chi connectivity index (χ1n) is 5.00. The highest BCUT2D eigenvalue weighted by Gasteiger charge is 2.06. The molecule has 2 rings (SSSR count). The fourth-order valence-electron chi connectivity index (χ4n) is 1.40. The molecule has 0 fully saturated rings. The Morgan fingerprint density at radius 1 is 1.21 bits per heavy atom. The molecule has 0 bridgehead atoms. The molecule has 1 heteroatoms. The SMILES string of the molecule is C=C1NC=Cc2cc(C)ccc21.CC. The Kier molecular flexibility index (Phi) is 3.52. The van der Waals surface area contributed by atoms with Gasteiger partial charge in [-0.25, -0.2) is 0 Å². The summed E-state index contributed by atoms with van der Waals surface area (Å²) < 4.78 is 0. The molecule has 0 saturated heterocycles. The minimum atomic E-state index is 0.979. The van der Waals surface area contributed by atoms with Crippen LogP contribution in [0.2, 0.25) is 0 Å². The fourth-order valence-corrected chi connectivity index (χ4v) is 1.40. The molecule has 0 unspecified atom stereocenters. The lowest BCUT2D eigenvalue weighted by Crippen LogP contribution is -2.07. The summed E-state index contributed by atoms with van der Waals surface area (Å²) in [4.78, 5) is 0. The van der Waals surface area contributed by atoms with E-state index in [4.69, 9.17) is 0 Å². The predicted octanol–water partition coefficient (Wildman–Crippen LogP) is 3.57. The molecule has 0 radical (unpaired) electrons. The summed E-state index contributed by atoms with van der Waals surface area (Å²) in [7, 11) is 0. The number of rotatable bonds is 0. The molecule has 0 aliphatic carbocycles. The van der Waals surface area contributed by atoms with Crippen LogP contribution in [0.1, 0.15) is 30.5 Å². The van der Waals surface area contributed by atoms with Gasteiger partial charge < -0.3 is 5.32 Å². The predicted molar refractivity (Wildman–Crippen MR) is 63.7 cm³/mol. The molecule has 74 valence electrons. The van der Waals surface area contributed by atoms with Crippen molar-refractivity contribution < 1.29 is 0 Å². The maximum atomic E-state index is 3.92. The third-order valence-electron chi connectivity index (χ3n) is 2.05. The van der Waals surface area contributed by atoms with Gasteiger partial charge in [-0.1, -0.05) is 44.2 Å². The van der Waals surface area contributed by atoms with E-state index in [2.05, 4.69) is 43.1 Å². The Balaban J connectivity index is 0.000000461. The van der Waals surface area contributed by atoms with Crippen LogP contribution in [0.25, 0.3) is 11.8 Å². The molecule has 1 aliphatic heterocycles. The van der Waals surface area contributed by atoms with Crippen LogP contribution in [0.5, 0.6) is 0 Å². The van der Waals surface area contributed by atoms with E-state index in [1.165, 1.54) is 16.7 Å². The van der Waals surface area contributed by atoms with Gasteiger partial charge in [0.15, 0.2) is 0 Å². The van der Waals surface area contributed by atoms with Crippen LogP contribution in [0.4, 0.5) is 0 Å². The van der Waals surface area contributed by atoms with E-state index in [0.29, 0.717) is 0 Å². The van der Waals surface area contributed by atoms with Crippen LogP contribution in [0, 0.1) is 6.92 Å². The largest absolute Gasteiger partial charge is 0.362 e. The van der Waals surface area contributed by atoms with Gasteiger partial charge in [0.05, 0.1) is 0 Å². The zero-order valence-electron chi connectivity index (χ0n) is 9.09. The number of benzene rings is 1. The number of hydrogen-bond acceptors (Lipinski definition) is 1. The summed E-state index contributed by atoms with van der Waals surface area (Å²) in [6.45, 7) is 10.0. The Hall–Kier alpha value is -1.50. The van der Waals surface area contributed by atoms with Gasteiger partial charge in [0.25, 0.3) is 0 Å². The first kappa shape index (κ1) is 10.6. The monoisotopic (exact) mass is 187 g/mol. The first-order valence-corrected chi connectivity index (χ1v) is 5.00. The molecule has 1 nitrogen and oxygen atoms in total. The molecule has 1 heterocycles. The number of nitrogens with one attached hydrogen (secondary N) is 1. The Morgan fingerprint density at radius 3 is 2.64 bits per heavy atom. The van der Waals surface area contributed by atoms with E-state index in [0.717, 1.165) is 5.70 Å². The molecule has 14 heavy (non-hydrogen) atoms. The van der Waals surface area contributed by atoms with Gasteiger partial charge in [-0.3, -0.25) is 0 Å². The van der Waals surface area contributed by atoms with Crippen LogP contribution >= 0.6 is 0 Å². The lowest BCUT2D eigenvalue weighted by atomic mass is 10.0. The number of hydrogen-bond donors (Lipinski definition) is 1. The average Bonchev–Trinajstić information content (AvgIpc) is 2.21. The van der Waals surface area contributed by atoms with Crippen molar-refractivity contribution in [2.45, 2.75) is 20.8 Å². The average molecular weight is 187 g/mol. The molecular weight excluding hydrogens is 170 g/mol. The van der Waals surface area contributed by atoms with Crippen molar-refractivity contribution in [1.82, 2.24) is 5.32 Å². The minimum Gasteiger partial charge on any atom is -0.362 e. The normalized spacial score (nSPS) is 12.4. The summed E-state index contributed by atoms with van der Waals surface area (Å²) >= 11 is 0. The molecule has 0 atom stereocenters. The molecule has 1 aromatic carbocycles. The van der Waals surface area contributed by atoms with E-state index in [1.54, 1.807) is 0 Å². The second kappa shape index (κ2) is 4.66. The molecule has 1 aliphatic rings. The molecule has 0 aromatic heterocycles. The topological polar surface area (TPSA) is 12.0 Å². The molecule has 0 saturated carbocycles. The molecule has 0 amide bonds. The van der Waals surface area contributed by atoms with Crippen LogP contribution in [-0.2, 0) is 0 Å². The van der Waals surface area contributed by atoms with Gasteiger partial charge in [-0.15, -0.1) is 0 Å². The summed E-state index contributed by atoms with van der Waals surface area (Å²) in [6.07, 6.45) is 3.99. The highest BCUT2D eigenvalue weighted by atomic mass is 14.9. The number of aryl methyl sites for hydroxylation is 1. The summed E-state index contributed by atoms with van der Waals surface area (Å²) in [6, 6.07) is 6.37. The van der Waals surface area contributed by atoms with Crippen molar-refractivity contribution in [2.75, 3.05) is 0 Å². The van der Waals surface area contributed by atoms with Crippen molar-refractivity contribution >= 4 is 11.8 Å². The maximum Gasteiger partial charge on any atom is 0.0386 e. The molecule has 1 N–H and O–H groups in total. The highest BCUT2D eigenvalue weighted by molar-refractivity contribution is 5.76. The second-order valence-electron chi connectivity index (χ2n) is 3.05. The van der Waals surface area contributed by atoms with Crippen molar-refractivity contribution in [2.24, 2.45) is 0 Å². The highest BCUT2D eigenvalue weighted by Crippen LogP contribution is 2.21. The molecule has 1 aromatic rings. The van der Waals surface area contributed by atoms with E-state index in [1.807, 2.05) is 20.0 Å².